The Morgan fingerprint density at radius 2 is 2.00 bits per heavy atom. The van der Waals surface area contributed by atoms with E-state index in [1.807, 2.05) is 6.07 Å². The molecule has 0 spiro atoms. The fourth-order valence-electron chi connectivity index (χ4n) is 1.84. The van der Waals surface area contributed by atoms with Crippen LogP contribution in [0.1, 0.15) is 5.56 Å². The molecule has 0 aromatic heterocycles. The minimum atomic E-state index is -1.52. The molecule has 2 amide bonds. The topological polar surface area (TPSA) is 82.0 Å². The van der Waals surface area contributed by atoms with Gasteiger partial charge in [0.25, 0.3) is 0 Å². The number of benzene rings is 2. The fourth-order valence-corrected chi connectivity index (χ4v) is 2.86. The lowest BCUT2D eigenvalue weighted by Crippen LogP contribution is -2.32. The molecule has 0 aliphatic carbocycles. The second-order valence-corrected chi connectivity index (χ2v) is 6.09. The molecule has 2 aromatic carbocycles. The van der Waals surface area contributed by atoms with E-state index in [1.54, 1.807) is 24.3 Å². The van der Waals surface area contributed by atoms with E-state index in [1.165, 1.54) is 24.3 Å². The van der Waals surface area contributed by atoms with Crippen LogP contribution in [-0.2, 0) is 10.8 Å². The lowest BCUT2D eigenvalue weighted by atomic mass is 10.2. The van der Waals surface area contributed by atoms with E-state index in [0.29, 0.717) is 11.3 Å². The Balaban J connectivity index is 1.82. The molecular formula is C16H14FN3O2S. The molecule has 0 bridgehead atoms. The van der Waals surface area contributed by atoms with Crippen LogP contribution in [0, 0.1) is 17.1 Å². The van der Waals surface area contributed by atoms with Gasteiger partial charge in [-0.05, 0) is 30.3 Å². The van der Waals surface area contributed by atoms with Crippen LogP contribution in [0.3, 0.4) is 0 Å². The first-order chi connectivity index (χ1) is 11.1. The Labute approximate surface area is 135 Å². The van der Waals surface area contributed by atoms with Crippen molar-refractivity contribution in [3.8, 4) is 6.07 Å². The first-order valence-electron chi connectivity index (χ1n) is 6.78. The Hall–Kier alpha value is -2.72. The fraction of sp³-hybridized carbons (Fsp3) is 0.125. The van der Waals surface area contributed by atoms with E-state index < -0.39 is 22.6 Å². The number of urea groups is 1. The van der Waals surface area contributed by atoms with Crippen molar-refractivity contribution in [2.24, 2.45) is 0 Å². The summed E-state index contributed by atoms with van der Waals surface area (Å²) in [6, 6.07) is 13.8. The van der Waals surface area contributed by atoms with E-state index in [0.717, 1.165) is 0 Å². The summed E-state index contributed by atoms with van der Waals surface area (Å²) >= 11 is 0. The van der Waals surface area contributed by atoms with Crippen molar-refractivity contribution in [1.82, 2.24) is 5.32 Å². The Bertz CT molecular complexity index is 774. The van der Waals surface area contributed by atoms with Crippen molar-refractivity contribution >= 4 is 22.5 Å². The van der Waals surface area contributed by atoms with Gasteiger partial charge in [0.15, 0.2) is 0 Å². The minimum Gasteiger partial charge on any atom is -0.337 e. The van der Waals surface area contributed by atoms with Crippen LogP contribution < -0.4 is 10.6 Å². The molecule has 0 radical (unpaired) electrons. The highest BCUT2D eigenvalue weighted by Gasteiger charge is 2.09. The van der Waals surface area contributed by atoms with Crippen molar-refractivity contribution in [2.75, 3.05) is 17.6 Å². The summed E-state index contributed by atoms with van der Waals surface area (Å²) in [5, 5.41) is 13.9. The smallest absolute Gasteiger partial charge is 0.319 e. The highest BCUT2D eigenvalue weighted by molar-refractivity contribution is 7.85. The van der Waals surface area contributed by atoms with E-state index in [-0.39, 0.29) is 17.2 Å². The predicted octanol–water partition coefficient (Wildman–Crippen LogP) is 2.63. The van der Waals surface area contributed by atoms with Gasteiger partial charge in [-0.1, -0.05) is 18.2 Å². The Morgan fingerprint density at radius 1 is 1.22 bits per heavy atom. The maximum atomic E-state index is 13.5. The number of halogens is 1. The van der Waals surface area contributed by atoms with E-state index in [2.05, 4.69) is 10.6 Å². The SMILES string of the molecule is N#Cc1cccc(NC(=O)NCC[S@](=O)c2ccccc2F)c1. The predicted molar refractivity (Wildman–Crippen MR) is 85.9 cm³/mol. The van der Waals surface area contributed by atoms with Crippen LogP contribution in [0.4, 0.5) is 14.9 Å². The summed E-state index contributed by atoms with van der Waals surface area (Å²) in [7, 11) is -1.52. The monoisotopic (exact) mass is 331 g/mol. The van der Waals surface area contributed by atoms with Crippen LogP contribution >= 0.6 is 0 Å². The van der Waals surface area contributed by atoms with Crippen molar-refractivity contribution < 1.29 is 13.4 Å². The molecule has 0 saturated heterocycles. The molecule has 118 valence electrons. The van der Waals surface area contributed by atoms with Crippen molar-refractivity contribution in [3.05, 3.63) is 59.9 Å². The molecule has 7 heteroatoms. The summed E-state index contributed by atoms with van der Waals surface area (Å²) in [5.74, 6) is -0.421. The molecule has 0 aliphatic heterocycles. The number of hydrogen-bond donors (Lipinski definition) is 2. The number of nitrogens with one attached hydrogen (secondary N) is 2. The average Bonchev–Trinajstić information content (AvgIpc) is 2.55. The summed E-state index contributed by atoms with van der Waals surface area (Å²) in [4.78, 5) is 11.8. The molecule has 2 aromatic rings. The maximum absolute atomic E-state index is 13.5. The van der Waals surface area contributed by atoms with Crippen molar-refractivity contribution in [3.63, 3.8) is 0 Å². The highest BCUT2D eigenvalue weighted by Crippen LogP contribution is 2.11. The number of rotatable bonds is 5. The van der Waals surface area contributed by atoms with Gasteiger partial charge in [0.2, 0.25) is 0 Å². The third-order valence-corrected chi connectivity index (χ3v) is 4.30. The lowest BCUT2D eigenvalue weighted by Gasteiger charge is -2.08. The molecule has 1 atom stereocenters. The van der Waals surface area contributed by atoms with E-state index >= 15 is 0 Å². The normalized spacial score (nSPS) is 11.3. The van der Waals surface area contributed by atoms with Gasteiger partial charge in [-0.25, -0.2) is 9.18 Å². The second kappa shape index (κ2) is 8.06. The van der Waals surface area contributed by atoms with E-state index in [9.17, 15) is 13.4 Å². The number of hydrogen-bond acceptors (Lipinski definition) is 3. The largest absolute Gasteiger partial charge is 0.337 e. The van der Waals surface area contributed by atoms with Gasteiger partial charge in [0.05, 0.1) is 27.3 Å². The van der Waals surface area contributed by atoms with Crippen LogP contribution in [0.25, 0.3) is 0 Å². The first kappa shape index (κ1) is 16.6. The van der Waals surface area contributed by atoms with Crippen LogP contribution in [-0.4, -0.2) is 22.5 Å². The Kier molecular flexibility index (Phi) is 5.83. The molecule has 0 saturated carbocycles. The van der Waals surface area contributed by atoms with Gasteiger partial charge in [-0.2, -0.15) is 5.26 Å². The molecule has 23 heavy (non-hydrogen) atoms. The molecule has 5 nitrogen and oxygen atoms in total. The maximum Gasteiger partial charge on any atom is 0.319 e. The molecule has 0 fully saturated rings. The van der Waals surface area contributed by atoms with Gasteiger partial charge in [0, 0.05) is 18.0 Å². The molecule has 0 heterocycles. The number of nitriles is 1. The first-order valence-corrected chi connectivity index (χ1v) is 8.10. The summed E-state index contributed by atoms with van der Waals surface area (Å²) in [5.41, 5.74) is 0.917. The summed E-state index contributed by atoms with van der Waals surface area (Å²) < 4.78 is 25.4. The molecular weight excluding hydrogens is 317 g/mol. The number of carbonyl (C=O) groups is 1. The summed E-state index contributed by atoms with van der Waals surface area (Å²) in [6.07, 6.45) is 0. The average molecular weight is 331 g/mol. The third kappa shape index (κ3) is 4.90. The van der Waals surface area contributed by atoms with Crippen LogP contribution in [0.2, 0.25) is 0 Å². The Morgan fingerprint density at radius 3 is 2.74 bits per heavy atom. The highest BCUT2D eigenvalue weighted by atomic mass is 32.2. The second-order valence-electron chi connectivity index (χ2n) is 4.55. The molecule has 2 rings (SSSR count). The molecule has 0 unspecified atom stereocenters. The molecule has 2 N–H and O–H groups in total. The van der Waals surface area contributed by atoms with Crippen molar-refractivity contribution in [2.45, 2.75) is 4.90 Å². The number of amides is 2. The lowest BCUT2D eigenvalue weighted by molar-refractivity contribution is 0.252. The third-order valence-electron chi connectivity index (χ3n) is 2.90. The van der Waals surface area contributed by atoms with Gasteiger partial charge in [-0.3, -0.25) is 4.21 Å². The number of carbonyl (C=O) groups excluding carboxylic acids is 1. The van der Waals surface area contributed by atoms with Crippen LogP contribution in [0.5, 0.6) is 0 Å². The zero-order valence-corrected chi connectivity index (χ0v) is 12.9. The quantitative estimate of drug-likeness (QED) is 0.883. The minimum absolute atomic E-state index is 0.104. The summed E-state index contributed by atoms with van der Waals surface area (Å²) in [6.45, 7) is 0.130. The van der Waals surface area contributed by atoms with Crippen molar-refractivity contribution in [1.29, 1.82) is 5.26 Å². The zero-order valence-electron chi connectivity index (χ0n) is 12.1. The number of nitrogens with zero attached hydrogens (tertiary/aromatic N) is 1. The standard InChI is InChI=1S/C16H14FN3O2S/c17-14-6-1-2-7-15(14)23(22)9-8-19-16(21)20-13-5-3-4-12(10-13)11-18/h1-7,10H,8-9H2,(H2,19,20,21)/t23-/m0/s1. The van der Waals surface area contributed by atoms with Gasteiger partial charge >= 0.3 is 6.03 Å². The van der Waals surface area contributed by atoms with Gasteiger partial charge in [-0.15, -0.1) is 0 Å². The van der Waals surface area contributed by atoms with Crippen LogP contribution in [0.15, 0.2) is 53.4 Å². The van der Waals surface area contributed by atoms with E-state index in [4.69, 9.17) is 5.26 Å². The number of anilines is 1. The van der Waals surface area contributed by atoms with Gasteiger partial charge < -0.3 is 10.6 Å². The molecule has 0 aliphatic rings. The zero-order chi connectivity index (χ0) is 16.7. The van der Waals surface area contributed by atoms with Gasteiger partial charge in [0.1, 0.15) is 5.82 Å².